The third-order valence-corrected chi connectivity index (χ3v) is 4.21. The Balaban J connectivity index is 1.37. The minimum Gasteiger partial charge on any atom is -0.350 e. The number of hydrogen-bond acceptors (Lipinski definition) is 2. The van der Waals surface area contributed by atoms with Gasteiger partial charge in [-0.05, 0) is 42.3 Å². The number of benzene rings is 2. The Bertz CT molecular complexity index is 1050. The van der Waals surface area contributed by atoms with E-state index in [9.17, 15) is 9.18 Å². The molecule has 0 radical (unpaired) electrons. The third kappa shape index (κ3) is 3.21. The number of carbonyl (C=O) groups is 1. The summed E-state index contributed by atoms with van der Waals surface area (Å²) in [4.78, 5) is 15.2. The SMILES string of the molecule is O=C(NCCc1cnn(-c2ccccc2)c1)c1cc2c(F)cccc2[nH]1. The largest absolute Gasteiger partial charge is 0.350 e. The van der Waals surface area contributed by atoms with Crippen LogP contribution in [0.15, 0.2) is 67.0 Å². The molecule has 0 aliphatic carbocycles. The highest BCUT2D eigenvalue weighted by molar-refractivity contribution is 5.98. The van der Waals surface area contributed by atoms with E-state index in [2.05, 4.69) is 15.4 Å². The van der Waals surface area contributed by atoms with Crippen LogP contribution in [0.2, 0.25) is 0 Å². The molecule has 2 N–H and O–H groups in total. The molecule has 0 spiro atoms. The fourth-order valence-corrected chi connectivity index (χ4v) is 2.87. The Morgan fingerprint density at radius 2 is 2.00 bits per heavy atom. The minimum absolute atomic E-state index is 0.254. The normalized spacial score (nSPS) is 11.0. The zero-order valence-corrected chi connectivity index (χ0v) is 13.9. The molecule has 0 atom stereocenters. The molecule has 0 aliphatic rings. The van der Waals surface area contributed by atoms with Crippen molar-refractivity contribution in [1.82, 2.24) is 20.1 Å². The summed E-state index contributed by atoms with van der Waals surface area (Å²) >= 11 is 0. The van der Waals surface area contributed by atoms with Crippen LogP contribution in [0.1, 0.15) is 16.1 Å². The van der Waals surface area contributed by atoms with Crippen LogP contribution >= 0.6 is 0 Å². The van der Waals surface area contributed by atoms with Crippen molar-refractivity contribution < 1.29 is 9.18 Å². The van der Waals surface area contributed by atoms with Crippen molar-refractivity contribution >= 4 is 16.8 Å². The smallest absolute Gasteiger partial charge is 0.267 e. The molecule has 4 aromatic rings. The number of nitrogens with one attached hydrogen (secondary N) is 2. The lowest BCUT2D eigenvalue weighted by atomic mass is 10.2. The monoisotopic (exact) mass is 348 g/mol. The van der Waals surface area contributed by atoms with E-state index in [1.165, 1.54) is 12.1 Å². The van der Waals surface area contributed by atoms with E-state index in [4.69, 9.17) is 0 Å². The Kier molecular flexibility index (Phi) is 4.23. The summed E-state index contributed by atoms with van der Waals surface area (Å²) in [5.41, 5.74) is 2.98. The van der Waals surface area contributed by atoms with Gasteiger partial charge >= 0.3 is 0 Å². The molecule has 4 rings (SSSR count). The van der Waals surface area contributed by atoms with Crippen molar-refractivity contribution in [2.75, 3.05) is 6.54 Å². The number of halogens is 1. The van der Waals surface area contributed by atoms with Crippen molar-refractivity contribution in [2.24, 2.45) is 0 Å². The van der Waals surface area contributed by atoms with Gasteiger partial charge in [-0.3, -0.25) is 4.79 Å². The van der Waals surface area contributed by atoms with Gasteiger partial charge in [0.25, 0.3) is 5.91 Å². The number of fused-ring (bicyclic) bond motifs is 1. The van der Waals surface area contributed by atoms with Gasteiger partial charge in [0, 0.05) is 23.6 Å². The second kappa shape index (κ2) is 6.84. The summed E-state index contributed by atoms with van der Waals surface area (Å²) < 4.78 is 15.5. The number of rotatable bonds is 5. The van der Waals surface area contributed by atoms with Crippen LogP contribution < -0.4 is 5.32 Å². The molecule has 2 aromatic carbocycles. The molecule has 0 saturated carbocycles. The molecule has 1 amide bonds. The molecule has 0 unspecified atom stereocenters. The van der Waals surface area contributed by atoms with Crippen molar-refractivity contribution in [2.45, 2.75) is 6.42 Å². The molecule has 0 saturated heterocycles. The first-order valence-corrected chi connectivity index (χ1v) is 8.35. The first-order chi connectivity index (χ1) is 12.7. The lowest BCUT2D eigenvalue weighted by Gasteiger charge is -2.02. The van der Waals surface area contributed by atoms with Gasteiger partial charge in [0.15, 0.2) is 0 Å². The van der Waals surface area contributed by atoms with E-state index >= 15 is 0 Å². The molecular formula is C20H17FN4O. The number of H-pyrrole nitrogens is 1. The van der Waals surface area contributed by atoms with Crippen molar-refractivity contribution in [3.63, 3.8) is 0 Å². The fraction of sp³-hybridized carbons (Fsp3) is 0.100. The number of para-hydroxylation sites is 1. The maximum absolute atomic E-state index is 13.7. The first kappa shape index (κ1) is 16.1. The van der Waals surface area contributed by atoms with Gasteiger partial charge in [-0.2, -0.15) is 5.10 Å². The van der Waals surface area contributed by atoms with Crippen molar-refractivity contribution in [1.29, 1.82) is 0 Å². The first-order valence-electron chi connectivity index (χ1n) is 8.35. The average Bonchev–Trinajstić information content (AvgIpc) is 3.30. The van der Waals surface area contributed by atoms with Crippen LogP contribution in [0.3, 0.4) is 0 Å². The highest BCUT2D eigenvalue weighted by atomic mass is 19.1. The van der Waals surface area contributed by atoms with Gasteiger partial charge in [0.2, 0.25) is 0 Å². The van der Waals surface area contributed by atoms with Crippen LogP contribution in [0.5, 0.6) is 0 Å². The molecule has 0 aliphatic heterocycles. The van der Waals surface area contributed by atoms with Gasteiger partial charge < -0.3 is 10.3 Å². The number of carbonyl (C=O) groups excluding carboxylic acids is 1. The fourth-order valence-electron chi connectivity index (χ4n) is 2.87. The molecular weight excluding hydrogens is 331 g/mol. The van der Waals surface area contributed by atoms with E-state index in [-0.39, 0.29) is 11.7 Å². The predicted octanol–water partition coefficient (Wildman–Crippen LogP) is 3.47. The average molecular weight is 348 g/mol. The minimum atomic E-state index is -0.342. The van der Waals surface area contributed by atoms with E-state index < -0.39 is 0 Å². The second-order valence-corrected chi connectivity index (χ2v) is 6.02. The zero-order valence-electron chi connectivity index (χ0n) is 13.9. The van der Waals surface area contributed by atoms with Crippen LogP contribution in [0.25, 0.3) is 16.6 Å². The molecule has 2 heterocycles. The summed E-state index contributed by atoms with van der Waals surface area (Å²) in [7, 11) is 0. The highest BCUT2D eigenvalue weighted by Gasteiger charge is 2.11. The maximum Gasteiger partial charge on any atom is 0.267 e. The molecule has 0 bridgehead atoms. The van der Waals surface area contributed by atoms with E-state index in [1.807, 2.05) is 36.5 Å². The maximum atomic E-state index is 13.7. The topological polar surface area (TPSA) is 62.7 Å². The summed E-state index contributed by atoms with van der Waals surface area (Å²) in [6.45, 7) is 0.469. The van der Waals surface area contributed by atoms with Crippen LogP contribution in [-0.2, 0) is 6.42 Å². The van der Waals surface area contributed by atoms with Gasteiger partial charge in [0.1, 0.15) is 11.5 Å². The number of aromatic amines is 1. The second-order valence-electron chi connectivity index (χ2n) is 6.02. The number of hydrogen-bond donors (Lipinski definition) is 2. The van der Waals surface area contributed by atoms with Gasteiger partial charge in [-0.25, -0.2) is 9.07 Å². The van der Waals surface area contributed by atoms with Gasteiger partial charge in [-0.1, -0.05) is 24.3 Å². The number of nitrogens with zero attached hydrogens (tertiary/aromatic N) is 2. The highest BCUT2D eigenvalue weighted by Crippen LogP contribution is 2.18. The lowest BCUT2D eigenvalue weighted by Crippen LogP contribution is -2.25. The van der Waals surface area contributed by atoms with E-state index in [1.54, 1.807) is 23.0 Å². The van der Waals surface area contributed by atoms with E-state index in [0.717, 1.165) is 11.3 Å². The quantitative estimate of drug-likeness (QED) is 0.580. The molecule has 26 heavy (non-hydrogen) atoms. The number of amides is 1. The lowest BCUT2D eigenvalue weighted by molar-refractivity contribution is 0.0950. The van der Waals surface area contributed by atoms with E-state index in [0.29, 0.717) is 29.6 Å². The summed E-state index contributed by atoms with van der Waals surface area (Å²) in [6.07, 6.45) is 4.39. The molecule has 6 heteroatoms. The van der Waals surface area contributed by atoms with Gasteiger partial charge in [-0.15, -0.1) is 0 Å². The summed E-state index contributed by atoms with van der Waals surface area (Å²) in [5.74, 6) is -0.595. The molecule has 2 aromatic heterocycles. The zero-order chi connectivity index (χ0) is 17.9. The Morgan fingerprint density at radius 3 is 2.81 bits per heavy atom. The molecule has 5 nitrogen and oxygen atoms in total. The number of aromatic nitrogens is 3. The predicted molar refractivity (Wildman–Crippen MR) is 97.9 cm³/mol. The summed E-state index contributed by atoms with van der Waals surface area (Å²) in [6, 6.07) is 16.1. The van der Waals surface area contributed by atoms with Crippen molar-refractivity contribution in [3.05, 3.63) is 84.1 Å². The summed E-state index contributed by atoms with van der Waals surface area (Å²) in [5, 5.41) is 7.60. The van der Waals surface area contributed by atoms with Gasteiger partial charge in [0.05, 0.1) is 11.9 Å². The molecule has 0 fully saturated rings. The Hall–Kier alpha value is -3.41. The van der Waals surface area contributed by atoms with Crippen LogP contribution in [0, 0.1) is 5.82 Å². The van der Waals surface area contributed by atoms with Crippen LogP contribution in [0.4, 0.5) is 4.39 Å². The Labute approximate surface area is 149 Å². The third-order valence-electron chi connectivity index (χ3n) is 4.21. The molecule has 130 valence electrons. The van der Waals surface area contributed by atoms with Crippen LogP contribution in [-0.4, -0.2) is 27.2 Å². The Morgan fingerprint density at radius 1 is 1.15 bits per heavy atom. The van der Waals surface area contributed by atoms with Crippen molar-refractivity contribution in [3.8, 4) is 5.69 Å². The standard InChI is InChI=1S/C20H17FN4O/c21-17-7-4-8-18-16(17)11-19(24-18)20(26)22-10-9-14-12-23-25(13-14)15-5-2-1-3-6-15/h1-8,11-13,24H,9-10H2,(H,22,26).